The van der Waals surface area contributed by atoms with Gasteiger partial charge in [0.05, 0.1) is 0 Å². The van der Waals surface area contributed by atoms with Crippen molar-refractivity contribution in [2.45, 2.75) is 0 Å². The van der Waals surface area contributed by atoms with Crippen molar-refractivity contribution in [3.05, 3.63) is 75.0 Å². The van der Waals surface area contributed by atoms with Gasteiger partial charge in [-0.1, -0.05) is 11.6 Å². The van der Waals surface area contributed by atoms with Gasteiger partial charge in [-0.05, 0) is 71.1 Å². The van der Waals surface area contributed by atoms with Gasteiger partial charge in [0.1, 0.15) is 0 Å². The summed E-state index contributed by atoms with van der Waals surface area (Å²) in [7, 11) is 0. The minimum atomic E-state index is -0.0605. The number of ketones is 1. The highest BCUT2D eigenvalue weighted by molar-refractivity contribution is 14.1. The molecule has 0 unspecified atom stereocenters. The van der Waals surface area contributed by atoms with Crippen LogP contribution in [0.4, 0.5) is 5.69 Å². The third-order valence-corrected chi connectivity index (χ3v) is 3.43. The van der Waals surface area contributed by atoms with Gasteiger partial charge in [0, 0.05) is 32.1 Å². The summed E-state index contributed by atoms with van der Waals surface area (Å²) < 4.78 is 1.17. The highest BCUT2D eigenvalue weighted by Crippen LogP contribution is 2.12. The van der Waals surface area contributed by atoms with Crippen molar-refractivity contribution < 1.29 is 4.79 Å². The molecule has 0 spiro atoms. The van der Waals surface area contributed by atoms with E-state index in [4.69, 9.17) is 11.6 Å². The van der Waals surface area contributed by atoms with E-state index in [0.29, 0.717) is 10.6 Å². The van der Waals surface area contributed by atoms with E-state index in [0.717, 1.165) is 5.69 Å². The first-order chi connectivity index (χ1) is 9.15. The molecule has 19 heavy (non-hydrogen) atoms. The molecule has 1 N–H and O–H groups in total. The first-order valence-corrected chi connectivity index (χ1v) is 7.09. The molecular formula is C15H11ClINO. The smallest absolute Gasteiger partial charge is 0.187 e. The highest BCUT2D eigenvalue weighted by Gasteiger charge is 2.00. The molecular weight excluding hydrogens is 373 g/mol. The molecule has 2 nitrogen and oxygen atoms in total. The maximum atomic E-state index is 11.8. The Labute approximate surface area is 130 Å². The fraction of sp³-hybridized carbons (Fsp3) is 0. The molecule has 0 saturated heterocycles. The Hall–Kier alpha value is -1.33. The number of nitrogens with one attached hydrogen (secondary N) is 1. The highest BCUT2D eigenvalue weighted by atomic mass is 127. The standard InChI is InChI=1S/C15H11ClINO/c16-12-3-1-11(2-4-12)15(19)9-10-18-14-7-5-13(17)6-8-14/h1-10,18H/b10-9-. The first-order valence-electron chi connectivity index (χ1n) is 5.64. The number of rotatable bonds is 4. The average Bonchev–Trinajstić information content (AvgIpc) is 2.41. The lowest BCUT2D eigenvalue weighted by Crippen LogP contribution is -1.95. The molecule has 0 fully saturated rings. The van der Waals surface area contributed by atoms with E-state index in [-0.39, 0.29) is 5.78 Å². The number of carbonyl (C=O) groups is 1. The van der Waals surface area contributed by atoms with Gasteiger partial charge >= 0.3 is 0 Å². The van der Waals surface area contributed by atoms with E-state index in [1.54, 1.807) is 30.5 Å². The van der Waals surface area contributed by atoms with Crippen LogP contribution in [0.2, 0.25) is 5.02 Å². The molecule has 0 atom stereocenters. The van der Waals surface area contributed by atoms with Crippen molar-refractivity contribution in [1.29, 1.82) is 0 Å². The van der Waals surface area contributed by atoms with Gasteiger partial charge in [-0.2, -0.15) is 0 Å². The van der Waals surface area contributed by atoms with E-state index in [1.165, 1.54) is 9.65 Å². The summed E-state index contributed by atoms with van der Waals surface area (Å²) in [5.41, 5.74) is 1.56. The Morgan fingerprint density at radius 3 is 2.32 bits per heavy atom. The Morgan fingerprint density at radius 1 is 1.05 bits per heavy atom. The maximum Gasteiger partial charge on any atom is 0.187 e. The topological polar surface area (TPSA) is 29.1 Å². The van der Waals surface area contributed by atoms with Crippen molar-refractivity contribution in [2.75, 3.05) is 5.32 Å². The van der Waals surface area contributed by atoms with Crippen LogP contribution in [0.5, 0.6) is 0 Å². The number of allylic oxidation sites excluding steroid dienone is 1. The van der Waals surface area contributed by atoms with E-state index >= 15 is 0 Å². The van der Waals surface area contributed by atoms with Crippen LogP contribution < -0.4 is 5.32 Å². The van der Waals surface area contributed by atoms with Gasteiger partial charge in [-0.25, -0.2) is 0 Å². The van der Waals surface area contributed by atoms with Gasteiger partial charge in [0.15, 0.2) is 5.78 Å². The summed E-state index contributed by atoms with van der Waals surface area (Å²) in [4.78, 5) is 11.8. The number of carbonyl (C=O) groups excluding carboxylic acids is 1. The summed E-state index contributed by atoms with van der Waals surface area (Å²) in [6.07, 6.45) is 3.14. The van der Waals surface area contributed by atoms with Crippen molar-refractivity contribution in [1.82, 2.24) is 0 Å². The molecule has 0 radical (unpaired) electrons. The largest absolute Gasteiger partial charge is 0.362 e. The molecule has 0 aliphatic rings. The molecule has 96 valence electrons. The number of benzene rings is 2. The van der Waals surface area contributed by atoms with Gasteiger partial charge in [0.2, 0.25) is 0 Å². The average molecular weight is 384 g/mol. The van der Waals surface area contributed by atoms with Crippen molar-refractivity contribution >= 4 is 45.7 Å². The molecule has 0 amide bonds. The zero-order valence-corrected chi connectivity index (χ0v) is 12.9. The lowest BCUT2D eigenvalue weighted by Gasteiger charge is -2.00. The molecule has 0 aliphatic carbocycles. The van der Waals surface area contributed by atoms with Crippen LogP contribution >= 0.6 is 34.2 Å². The summed E-state index contributed by atoms with van der Waals surface area (Å²) >= 11 is 8.02. The molecule has 2 rings (SSSR count). The number of halogens is 2. The SMILES string of the molecule is O=C(/C=C\Nc1ccc(I)cc1)c1ccc(Cl)cc1. The third-order valence-electron chi connectivity index (χ3n) is 2.46. The van der Waals surface area contributed by atoms with E-state index in [2.05, 4.69) is 27.9 Å². The predicted molar refractivity (Wildman–Crippen MR) is 87.7 cm³/mol. The predicted octanol–water partition coefficient (Wildman–Crippen LogP) is 4.75. The second-order valence-corrected chi connectivity index (χ2v) is 5.54. The first kappa shape index (κ1) is 14.1. The molecule has 2 aromatic carbocycles. The maximum absolute atomic E-state index is 11.8. The van der Waals surface area contributed by atoms with Crippen LogP contribution in [-0.2, 0) is 0 Å². The Kier molecular flexibility index (Phi) is 4.99. The molecule has 0 aliphatic heterocycles. The van der Waals surface area contributed by atoms with Crippen molar-refractivity contribution in [3.63, 3.8) is 0 Å². The zero-order valence-electron chi connectivity index (χ0n) is 9.94. The number of hydrogen-bond acceptors (Lipinski definition) is 2. The third kappa shape index (κ3) is 4.36. The Balaban J connectivity index is 1.97. The van der Waals surface area contributed by atoms with Gasteiger partial charge in [-0.15, -0.1) is 0 Å². The number of anilines is 1. The summed E-state index contributed by atoms with van der Waals surface area (Å²) in [6.45, 7) is 0. The van der Waals surface area contributed by atoms with Gasteiger partial charge in [-0.3, -0.25) is 4.79 Å². The Morgan fingerprint density at radius 2 is 1.68 bits per heavy atom. The molecule has 0 bridgehead atoms. The number of hydrogen-bond donors (Lipinski definition) is 1. The fourth-order valence-electron chi connectivity index (χ4n) is 1.47. The monoisotopic (exact) mass is 383 g/mol. The normalized spacial score (nSPS) is 10.6. The van der Waals surface area contributed by atoms with Crippen LogP contribution in [-0.4, -0.2) is 5.78 Å². The van der Waals surface area contributed by atoms with E-state index < -0.39 is 0 Å². The molecule has 2 aromatic rings. The quantitative estimate of drug-likeness (QED) is 0.469. The summed E-state index contributed by atoms with van der Waals surface area (Å²) in [5.74, 6) is -0.0605. The van der Waals surface area contributed by atoms with Crippen LogP contribution in [0.25, 0.3) is 0 Å². The molecule has 4 heteroatoms. The second kappa shape index (κ2) is 6.73. The lowest BCUT2D eigenvalue weighted by atomic mass is 10.1. The summed E-state index contributed by atoms with van der Waals surface area (Å²) in [6, 6.07) is 14.7. The van der Waals surface area contributed by atoms with Crippen LogP contribution in [0, 0.1) is 3.57 Å². The minimum absolute atomic E-state index is 0.0605. The molecule has 0 heterocycles. The van der Waals surface area contributed by atoms with Crippen LogP contribution in [0.3, 0.4) is 0 Å². The van der Waals surface area contributed by atoms with Gasteiger partial charge < -0.3 is 5.32 Å². The minimum Gasteiger partial charge on any atom is -0.362 e. The lowest BCUT2D eigenvalue weighted by molar-refractivity contribution is 0.104. The molecule has 0 saturated carbocycles. The van der Waals surface area contributed by atoms with Gasteiger partial charge in [0.25, 0.3) is 0 Å². The molecule has 0 aromatic heterocycles. The van der Waals surface area contributed by atoms with E-state index in [1.807, 2.05) is 24.3 Å². The fourth-order valence-corrected chi connectivity index (χ4v) is 1.96. The van der Waals surface area contributed by atoms with Crippen LogP contribution in [0.1, 0.15) is 10.4 Å². The Bertz CT molecular complexity index is 591. The van der Waals surface area contributed by atoms with Crippen molar-refractivity contribution in [2.24, 2.45) is 0 Å². The summed E-state index contributed by atoms with van der Waals surface area (Å²) in [5, 5.41) is 3.68. The zero-order chi connectivity index (χ0) is 13.7. The van der Waals surface area contributed by atoms with Crippen molar-refractivity contribution in [3.8, 4) is 0 Å². The van der Waals surface area contributed by atoms with E-state index in [9.17, 15) is 4.79 Å². The van der Waals surface area contributed by atoms with Crippen LogP contribution in [0.15, 0.2) is 60.8 Å². The second-order valence-electron chi connectivity index (χ2n) is 3.86.